The van der Waals surface area contributed by atoms with Gasteiger partial charge in [-0.25, -0.2) is 0 Å². The van der Waals surface area contributed by atoms with E-state index < -0.39 is 6.04 Å². The third-order valence-corrected chi connectivity index (χ3v) is 5.76. The molecule has 3 aromatic rings. The first kappa shape index (κ1) is 21.0. The SMILES string of the molecule is CC(C)CC(NC(=O)C(C(C)C)N1Cc2ccccc2C1=O)c1nnc2ccccn12. The number of nitrogens with zero attached hydrogens (tertiary/aromatic N) is 4. The molecule has 2 amide bonds. The monoisotopic (exact) mass is 419 g/mol. The van der Waals surface area contributed by atoms with Gasteiger partial charge in [0.05, 0.1) is 6.04 Å². The number of hydrogen-bond acceptors (Lipinski definition) is 4. The van der Waals surface area contributed by atoms with Gasteiger partial charge in [-0.15, -0.1) is 10.2 Å². The van der Waals surface area contributed by atoms with E-state index in [1.807, 2.05) is 66.9 Å². The molecule has 0 bridgehead atoms. The van der Waals surface area contributed by atoms with Crippen LogP contribution < -0.4 is 5.32 Å². The number of fused-ring (bicyclic) bond motifs is 2. The highest BCUT2D eigenvalue weighted by molar-refractivity contribution is 6.01. The molecule has 0 saturated heterocycles. The lowest BCUT2D eigenvalue weighted by Crippen LogP contribution is -2.51. The molecule has 2 aromatic heterocycles. The van der Waals surface area contributed by atoms with Crippen molar-refractivity contribution in [2.75, 3.05) is 0 Å². The van der Waals surface area contributed by atoms with Gasteiger partial charge in [-0.05, 0) is 42.0 Å². The highest BCUT2D eigenvalue weighted by atomic mass is 16.2. The average molecular weight is 420 g/mol. The molecular formula is C24H29N5O2. The van der Waals surface area contributed by atoms with Gasteiger partial charge < -0.3 is 10.2 Å². The van der Waals surface area contributed by atoms with E-state index in [2.05, 4.69) is 29.4 Å². The molecule has 3 heterocycles. The van der Waals surface area contributed by atoms with Crippen LogP contribution in [0.3, 0.4) is 0 Å². The summed E-state index contributed by atoms with van der Waals surface area (Å²) in [4.78, 5) is 28.3. The Balaban J connectivity index is 1.62. The molecule has 7 nitrogen and oxygen atoms in total. The van der Waals surface area contributed by atoms with Crippen molar-refractivity contribution >= 4 is 17.5 Å². The highest BCUT2D eigenvalue weighted by Crippen LogP contribution is 2.28. The molecule has 31 heavy (non-hydrogen) atoms. The number of pyridine rings is 1. The van der Waals surface area contributed by atoms with Gasteiger partial charge in [-0.3, -0.25) is 14.0 Å². The standard InChI is InChI=1S/C24H29N5O2/c1-15(2)13-19(22-27-26-20-11-7-8-12-28(20)22)25-23(30)21(16(3)4)29-14-17-9-5-6-10-18(17)24(29)31/h5-12,15-16,19,21H,13-14H2,1-4H3,(H,25,30). The van der Waals surface area contributed by atoms with Crippen LogP contribution in [-0.2, 0) is 11.3 Å². The fraction of sp³-hybridized carbons (Fsp3) is 0.417. The van der Waals surface area contributed by atoms with Crippen LogP contribution in [-0.4, -0.2) is 37.4 Å². The Kier molecular flexibility index (Phi) is 5.76. The largest absolute Gasteiger partial charge is 0.344 e. The van der Waals surface area contributed by atoms with Crippen LogP contribution in [0.1, 0.15) is 61.9 Å². The summed E-state index contributed by atoms with van der Waals surface area (Å²) in [5.41, 5.74) is 2.39. The molecule has 0 aliphatic carbocycles. The van der Waals surface area contributed by atoms with Crippen molar-refractivity contribution < 1.29 is 9.59 Å². The zero-order chi connectivity index (χ0) is 22.1. The molecule has 2 atom stereocenters. The number of carbonyl (C=O) groups excluding carboxylic acids is 2. The topological polar surface area (TPSA) is 79.6 Å². The van der Waals surface area contributed by atoms with Crippen molar-refractivity contribution in [1.82, 2.24) is 24.8 Å². The molecule has 7 heteroatoms. The van der Waals surface area contributed by atoms with Gasteiger partial charge in [0.1, 0.15) is 6.04 Å². The van der Waals surface area contributed by atoms with Gasteiger partial charge in [0.2, 0.25) is 5.91 Å². The summed E-state index contributed by atoms with van der Waals surface area (Å²) in [5.74, 6) is 0.771. The highest BCUT2D eigenvalue weighted by Gasteiger charge is 2.39. The molecule has 162 valence electrons. The molecule has 4 rings (SSSR count). The Morgan fingerprint density at radius 2 is 1.81 bits per heavy atom. The fourth-order valence-corrected chi connectivity index (χ4v) is 4.36. The number of nitrogens with one attached hydrogen (secondary N) is 1. The summed E-state index contributed by atoms with van der Waals surface area (Å²) in [5, 5.41) is 11.8. The van der Waals surface area contributed by atoms with Crippen LogP contribution >= 0.6 is 0 Å². The average Bonchev–Trinajstić information content (AvgIpc) is 3.29. The van der Waals surface area contributed by atoms with Crippen molar-refractivity contribution in [2.45, 2.75) is 52.7 Å². The number of hydrogen-bond donors (Lipinski definition) is 1. The van der Waals surface area contributed by atoms with Crippen LogP contribution in [0.5, 0.6) is 0 Å². The molecule has 0 fully saturated rings. The van der Waals surface area contributed by atoms with Gasteiger partial charge in [0.15, 0.2) is 11.5 Å². The first-order valence-corrected chi connectivity index (χ1v) is 10.9. The predicted octanol–water partition coefficient (Wildman–Crippen LogP) is 3.61. The van der Waals surface area contributed by atoms with Crippen LogP contribution in [0, 0.1) is 11.8 Å². The molecule has 1 aliphatic heterocycles. The molecule has 0 saturated carbocycles. The molecular weight excluding hydrogens is 390 g/mol. The van der Waals surface area contributed by atoms with Crippen molar-refractivity contribution in [3.05, 3.63) is 65.6 Å². The fourth-order valence-electron chi connectivity index (χ4n) is 4.36. The summed E-state index contributed by atoms with van der Waals surface area (Å²) in [7, 11) is 0. The first-order valence-electron chi connectivity index (χ1n) is 10.9. The Labute approximate surface area is 182 Å². The minimum atomic E-state index is -0.561. The second-order valence-electron chi connectivity index (χ2n) is 8.96. The van der Waals surface area contributed by atoms with E-state index in [0.29, 0.717) is 23.9 Å². The number of aromatic nitrogens is 3. The maximum Gasteiger partial charge on any atom is 0.255 e. The third-order valence-electron chi connectivity index (χ3n) is 5.76. The summed E-state index contributed by atoms with van der Waals surface area (Å²) in [6.45, 7) is 8.63. The van der Waals surface area contributed by atoms with E-state index in [4.69, 9.17) is 0 Å². The Hall–Kier alpha value is -3.22. The van der Waals surface area contributed by atoms with E-state index in [0.717, 1.165) is 17.6 Å². The lowest BCUT2D eigenvalue weighted by molar-refractivity contribution is -0.128. The lowest BCUT2D eigenvalue weighted by atomic mass is 9.99. The summed E-state index contributed by atoms with van der Waals surface area (Å²) in [6, 6.07) is 12.4. The van der Waals surface area contributed by atoms with Crippen molar-refractivity contribution in [3.63, 3.8) is 0 Å². The van der Waals surface area contributed by atoms with Gasteiger partial charge in [0.25, 0.3) is 5.91 Å². The van der Waals surface area contributed by atoms with E-state index in [9.17, 15) is 9.59 Å². The maximum atomic E-state index is 13.5. The molecule has 1 aromatic carbocycles. The van der Waals surface area contributed by atoms with Crippen LogP contribution in [0.2, 0.25) is 0 Å². The second-order valence-corrected chi connectivity index (χ2v) is 8.96. The van der Waals surface area contributed by atoms with Crippen LogP contribution in [0.15, 0.2) is 48.7 Å². The molecule has 0 spiro atoms. The number of benzene rings is 1. The zero-order valence-corrected chi connectivity index (χ0v) is 18.4. The normalized spacial score (nSPS) is 15.5. The zero-order valence-electron chi connectivity index (χ0n) is 18.4. The van der Waals surface area contributed by atoms with E-state index in [1.54, 1.807) is 4.90 Å². The maximum absolute atomic E-state index is 13.5. The molecule has 0 radical (unpaired) electrons. The first-order chi connectivity index (χ1) is 14.9. The van der Waals surface area contributed by atoms with Gasteiger partial charge in [0, 0.05) is 18.3 Å². The summed E-state index contributed by atoms with van der Waals surface area (Å²) >= 11 is 0. The van der Waals surface area contributed by atoms with E-state index in [1.165, 1.54) is 0 Å². The lowest BCUT2D eigenvalue weighted by Gasteiger charge is -2.31. The minimum Gasteiger partial charge on any atom is -0.344 e. The van der Waals surface area contributed by atoms with Gasteiger partial charge >= 0.3 is 0 Å². The summed E-state index contributed by atoms with van der Waals surface area (Å²) in [6.07, 6.45) is 2.63. The van der Waals surface area contributed by atoms with E-state index in [-0.39, 0.29) is 23.8 Å². The number of rotatable bonds is 7. The van der Waals surface area contributed by atoms with Crippen molar-refractivity contribution in [1.29, 1.82) is 0 Å². The van der Waals surface area contributed by atoms with Gasteiger partial charge in [-0.2, -0.15) is 0 Å². The van der Waals surface area contributed by atoms with E-state index >= 15 is 0 Å². The van der Waals surface area contributed by atoms with Crippen molar-refractivity contribution in [2.24, 2.45) is 11.8 Å². The molecule has 1 N–H and O–H groups in total. The van der Waals surface area contributed by atoms with Crippen molar-refractivity contribution in [3.8, 4) is 0 Å². The second kappa shape index (κ2) is 8.49. The molecule has 1 aliphatic rings. The number of carbonyl (C=O) groups is 2. The summed E-state index contributed by atoms with van der Waals surface area (Å²) < 4.78 is 1.91. The minimum absolute atomic E-state index is 0.0342. The predicted molar refractivity (Wildman–Crippen MR) is 118 cm³/mol. The Morgan fingerprint density at radius 1 is 1.06 bits per heavy atom. The van der Waals surface area contributed by atoms with Gasteiger partial charge in [-0.1, -0.05) is 52.0 Å². The smallest absolute Gasteiger partial charge is 0.255 e. The quantitative estimate of drug-likeness (QED) is 0.634. The number of amides is 2. The Morgan fingerprint density at radius 3 is 2.52 bits per heavy atom. The molecule has 2 unspecified atom stereocenters. The van der Waals surface area contributed by atoms with Crippen LogP contribution in [0.4, 0.5) is 0 Å². The van der Waals surface area contributed by atoms with Crippen LogP contribution in [0.25, 0.3) is 5.65 Å². The third kappa shape index (κ3) is 4.04. The Bertz CT molecular complexity index is 1100.